The van der Waals surface area contributed by atoms with Crippen LogP contribution in [0, 0.1) is 5.82 Å². The summed E-state index contributed by atoms with van der Waals surface area (Å²) in [6.45, 7) is 2.11. The minimum atomic E-state index is -4.62. The molecule has 170 valence electrons. The second-order valence-electron chi connectivity index (χ2n) is 8.52. The van der Waals surface area contributed by atoms with Crippen molar-refractivity contribution in [2.75, 3.05) is 14.1 Å². The number of likely N-dealkylation sites (N-methyl/N-ethyl adjacent to an activating group) is 1. The molecule has 2 aromatic carbocycles. The average Bonchev–Trinajstić information content (AvgIpc) is 2.69. The number of nitrogens with zero attached hydrogens (tertiary/aromatic N) is 1. The van der Waals surface area contributed by atoms with Crippen LogP contribution in [-0.4, -0.2) is 35.7 Å². The van der Waals surface area contributed by atoms with E-state index in [0.717, 1.165) is 11.6 Å². The molecule has 0 saturated heterocycles. The molecular weight excluding hydrogens is 434 g/mol. The van der Waals surface area contributed by atoms with Gasteiger partial charge < -0.3 is 14.7 Å². The Balaban J connectivity index is 1.86. The van der Waals surface area contributed by atoms with Gasteiger partial charge in [0.1, 0.15) is 11.4 Å². The third kappa shape index (κ3) is 4.75. The molecule has 0 bridgehead atoms. The Hall–Kier alpha value is -1.67. The van der Waals surface area contributed by atoms with Crippen LogP contribution in [0.3, 0.4) is 0 Å². The van der Waals surface area contributed by atoms with Gasteiger partial charge in [-0.05, 0) is 75.7 Å². The van der Waals surface area contributed by atoms with Crippen molar-refractivity contribution in [1.82, 2.24) is 4.90 Å². The maximum absolute atomic E-state index is 13.4. The zero-order valence-corrected chi connectivity index (χ0v) is 18.4. The molecule has 0 heterocycles. The van der Waals surface area contributed by atoms with Crippen LogP contribution in [0.2, 0.25) is 5.02 Å². The van der Waals surface area contributed by atoms with E-state index < -0.39 is 27.9 Å². The first-order valence-corrected chi connectivity index (χ1v) is 10.4. The molecule has 1 saturated carbocycles. The molecule has 8 heteroatoms. The van der Waals surface area contributed by atoms with Gasteiger partial charge >= 0.3 is 6.18 Å². The molecule has 2 aromatic rings. The van der Waals surface area contributed by atoms with E-state index in [0.29, 0.717) is 12.8 Å². The fourth-order valence-electron chi connectivity index (χ4n) is 4.30. The summed E-state index contributed by atoms with van der Waals surface area (Å²) in [7, 11) is 3.57. The topological polar surface area (TPSA) is 32.7 Å². The smallest absolute Gasteiger partial charge is 0.383 e. The summed E-state index contributed by atoms with van der Waals surface area (Å²) in [6, 6.07) is 9.60. The minimum absolute atomic E-state index is 0.178. The number of aliphatic hydroxyl groups is 1. The zero-order valence-electron chi connectivity index (χ0n) is 17.6. The van der Waals surface area contributed by atoms with Crippen molar-refractivity contribution in [1.29, 1.82) is 0 Å². The molecule has 0 radical (unpaired) electrons. The van der Waals surface area contributed by atoms with Crippen LogP contribution in [0.25, 0.3) is 0 Å². The van der Waals surface area contributed by atoms with Gasteiger partial charge in [-0.3, -0.25) is 0 Å². The number of alkyl halides is 3. The summed E-state index contributed by atoms with van der Waals surface area (Å²) in [5.41, 5.74) is -2.39. The van der Waals surface area contributed by atoms with E-state index in [-0.39, 0.29) is 30.5 Å². The molecule has 1 fully saturated rings. The van der Waals surface area contributed by atoms with Crippen LogP contribution in [0.4, 0.5) is 17.6 Å². The molecule has 0 spiro atoms. The number of hydrogen-bond acceptors (Lipinski definition) is 3. The maximum atomic E-state index is 13.4. The van der Waals surface area contributed by atoms with Crippen molar-refractivity contribution in [2.45, 2.75) is 56.2 Å². The predicted octanol–water partition coefficient (Wildman–Crippen LogP) is 5.78. The van der Waals surface area contributed by atoms with Gasteiger partial charge in [0.05, 0.1) is 28.8 Å². The quantitative estimate of drug-likeness (QED) is 0.576. The van der Waals surface area contributed by atoms with Crippen LogP contribution in [0.15, 0.2) is 42.5 Å². The van der Waals surface area contributed by atoms with E-state index in [1.165, 1.54) is 24.3 Å². The molecule has 3 atom stereocenters. The molecule has 31 heavy (non-hydrogen) atoms. The van der Waals surface area contributed by atoms with Gasteiger partial charge in [0.15, 0.2) is 0 Å². The first kappa shape index (κ1) is 24.0. The molecular formula is C23H26ClF4NO2. The highest BCUT2D eigenvalue weighted by atomic mass is 35.5. The molecule has 0 aliphatic heterocycles. The number of rotatable bonds is 5. The molecule has 1 aliphatic rings. The van der Waals surface area contributed by atoms with Crippen molar-refractivity contribution in [3.8, 4) is 0 Å². The van der Waals surface area contributed by atoms with Crippen molar-refractivity contribution in [3.63, 3.8) is 0 Å². The summed E-state index contributed by atoms with van der Waals surface area (Å²) < 4.78 is 59.3. The normalized spacial score (nSPS) is 27.0. The monoisotopic (exact) mass is 459 g/mol. The standard InChI is InChI=1S/C23H26ClF4NO2/c1-21(29(2)3)13-18(31-14-15-4-7-17(25)8-5-15)10-11-22(21,30)16-6-9-20(24)19(12-16)23(26,27)28/h4-9,12,18,30H,10-11,13-14H2,1-3H3. The molecule has 1 aliphatic carbocycles. The van der Waals surface area contributed by atoms with E-state index in [4.69, 9.17) is 16.3 Å². The Labute approximate surface area is 184 Å². The van der Waals surface area contributed by atoms with E-state index in [1.807, 2.05) is 11.8 Å². The molecule has 3 nitrogen and oxygen atoms in total. The Morgan fingerprint density at radius 1 is 1.16 bits per heavy atom. The number of ether oxygens (including phenoxy) is 1. The Bertz CT molecular complexity index is 919. The molecule has 3 rings (SSSR count). The fraction of sp³-hybridized carbons (Fsp3) is 0.478. The van der Waals surface area contributed by atoms with E-state index in [1.54, 1.807) is 26.2 Å². The molecule has 0 aromatic heterocycles. The van der Waals surface area contributed by atoms with Crippen LogP contribution in [0.5, 0.6) is 0 Å². The van der Waals surface area contributed by atoms with Crippen molar-refractivity contribution in [3.05, 3.63) is 70.0 Å². The number of halogens is 5. The van der Waals surface area contributed by atoms with E-state index in [2.05, 4.69) is 0 Å². The molecule has 1 N–H and O–H groups in total. The highest BCUT2D eigenvalue weighted by Crippen LogP contribution is 2.49. The summed E-state index contributed by atoms with van der Waals surface area (Å²) in [5, 5.41) is 11.3. The highest BCUT2D eigenvalue weighted by Gasteiger charge is 2.54. The third-order valence-electron chi connectivity index (χ3n) is 6.48. The lowest BCUT2D eigenvalue weighted by Crippen LogP contribution is -2.62. The summed E-state index contributed by atoms with van der Waals surface area (Å²) in [4.78, 5) is 1.82. The van der Waals surface area contributed by atoms with Crippen LogP contribution in [-0.2, 0) is 23.1 Å². The van der Waals surface area contributed by atoms with Crippen LogP contribution in [0.1, 0.15) is 42.9 Å². The van der Waals surface area contributed by atoms with Crippen molar-refractivity contribution in [2.24, 2.45) is 0 Å². The summed E-state index contributed by atoms with van der Waals surface area (Å²) in [6.07, 6.45) is -3.75. The van der Waals surface area contributed by atoms with Crippen molar-refractivity contribution >= 4 is 11.6 Å². The third-order valence-corrected chi connectivity index (χ3v) is 6.81. The Morgan fingerprint density at radius 3 is 2.39 bits per heavy atom. The van der Waals surface area contributed by atoms with Gasteiger partial charge in [0.25, 0.3) is 0 Å². The minimum Gasteiger partial charge on any atom is -0.383 e. The predicted molar refractivity (Wildman–Crippen MR) is 111 cm³/mol. The van der Waals surface area contributed by atoms with E-state index in [9.17, 15) is 22.7 Å². The van der Waals surface area contributed by atoms with Gasteiger partial charge in [-0.2, -0.15) is 13.2 Å². The largest absolute Gasteiger partial charge is 0.417 e. The zero-order chi connectivity index (χ0) is 23.0. The van der Waals surface area contributed by atoms with Gasteiger partial charge in [-0.1, -0.05) is 29.8 Å². The van der Waals surface area contributed by atoms with Gasteiger partial charge in [0, 0.05) is 0 Å². The average molecular weight is 460 g/mol. The lowest BCUT2D eigenvalue weighted by atomic mass is 9.65. The van der Waals surface area contributed by atoms with Crippen molar-refractivity contribution < 1.29 is 27.4 Å². The second-order valence-corrected chi connectivity index (χ2v) is 8.93. The Kier molecular flexibility index (Phi) is 6.73. The SMILES string of the molecule is CN(C)C1(C)CC(OCc2ccc(F)cc2)CCC1(O)c1ccc(Cl)c(C(F)(F)F)c1. The molecule has 0 amide bonds. The number of hydrogen-bond donors (Lipinski definition) is 1. The lowest BCUT2D eigenvalue weighted by molar-refractivity contribution is -0.160. The fourth-order valence-corrected chi connectivity index (χ4v) is 4.52. The van der Waals surface area contributed by atoms with Crippen LogP contribution < -0.4 is 0 Å². The van der Waals surface area contributed by atoms with Crippen LogP contribution >= 0.6 is 11.6 Å². The lowest BCUT2D eigenvalue weighted by Gasteiger charge is -2.54. The summed E-state index contributed by atoms with van der Waals surface area (Å²) in [5.74, 6) is -0.326. The number of benzene rings is 2. The van der Waals surface area contributed by atoms with Gasteiger partial charge in [-0.15, -0.1) is 0 Å². The first-order valence-electron chi connectivity index (χ1n) is 10.00. The highest BCUT2D eigenvalue weighted by molar-refractivity contribution is 6.31. The summed E-state index contributed by atoms with van der Waals surface area (Å²) >= 11 is 5.78. The first-order chi connectivity index (χ1) is 14.4. The second kappa shape index (κ2) is 8.70. The van der Waals surface area contributed by atoms with Gasteiger partial charge in [-0.25, -0.2) is 4.39 Å². The maximum Gasteiger partial charge on any atom is 0.417 e. The van der Waals surface area contributed by atoms with Gasteiger partial charge in [0.2, 0.25) is 0 Å². The molecule has 3 unspecified atom stereocenters. The Morgan fingerprint density at radius 2 is 1.81 bits per heavy atom. The van der Waals surface area contributed by atoms with E-state index >= 15 is 0 Å².